The summed E-state index contributed by atoms with van der Waals surface area (Å²) in [5, 5.41) is 37.1. The number of piperidine rings is 3. The number of hydrogen-bond donors (Lipinski definition) is 4. The second-order valence-electron chi connectivity index (χ2n) is 25.2. The van der Waals surface area contributed by atoms with Gasteiger partial charge in [-0.25, -0.2) is 4.39 Å². The zero-order chi connectivity index (χ0) is 56.4. The number of carbonyl (C=O) groups excluding carboxylic acids is 2. The number of terminal acetylenes is 1. The fourth-order valence-electron chi connectivity index (χ4n) is 14.2. The third-order valence-electron chi connectivity index (χ3n) is 19.1. The van der Waals surface area contributed by atoms with Crippen LogP contribution in [0.5, 0.6) is 23.3 Å². The van der Waals surface area contributed by atoms with E-state index in [9.17, 15) is 24.9 Å². The van der Waals surface area contributed by atoms with E-state index < -0.39 is 5.82 Å². The molecule has 2 amide bonds. The maximum Gasteiger partial charge on any atom is 0.319 e. The lowest BCUT2D eigenvalue weighted by Crippen LogP contribution is -2.51. The van der Waals surface area contributed by atoms with Crippen LogP contribution in [0.15, 0.2) is 66.9 Å². The average Bonchev–Trinajstić information content (AvgIpc) is 4.03. The molecule has 4 aromatic carbocycles. The summed E-state index contributed by atoms with van der Waals surface area (Å²) in [6, 6.07) is 18.5. The number of aromatic nitrogens is 3. The van der Waals surface area contributed by atoms with Gasteiger partial charge in [0.05, 0.1) is 17.6 Å². The fourth-order valence-corrected chi connectivity index (χ4v) is 14.2. The molecule has 0 radical (unpaired) electrons. The molecule has 7 aliphatic rings. The summed E-state index contributed by atoms with van der Waals surface area (Å²) < 4.78 is 23.7. The molecule has 16 nitrogen and oxygen atoms in total. The topological polar surface area (TPSA) is 174 Å². The summed E-state index contributed by atoms with van der Waals surface area (Å²) in [7, 11) is 0. The highest BCUT2D eigenvalue weighted by atomic mass is 19.1. The van der Waals surface area contributed by atoms with E-state index in [2.05, 4.69) is 58.9 Å². The quantitative estimate of drug-likeness (QED) is 0.0771. The number of anilines is 1. The molecule has 2 aromatic heterocycles. The number of nitrogens with zero attached hydrogens (tertiary/aromatic N) is 9. The number of halogens is 1. The molecule has 1 aliphatic carbocycles. The van der Waals surface area contributed by atoms with Crippen molar-refractivity contribution in [2.75, 3.05) is 96.6 Å². The van der Waals surface area contributed by atoms with Crippen molar-refractivity contribution in [2.45, 2.75) is 90.4 Å². The molecule has 6 aliphatic heterocycles. The Hall–Kier alpha value is -7.10. The monoisotopic (exact) mass is 1110 g/mol. The molecule has 82 heavy (non-hydrogen) atoms. The number of aromatic hydroxyl groups is 3. The van der Waals surface area contributed by atoms with Crippen molar-refractivity contribution < 1.29 is 34.0 Å². The summed E-state index contributed by atoms with van der Waals surface area (Å²) in [6.45, 7) is 18.0. The zero-order valence-corrected chi connectivity index (χ0v) is 47.3. The summed E-state index contributed by atoms with van der Waals surface area (Å²) in [5.74, 6) is 3.72. The maximum absolute atomic E-state index is 17.2. The molecule has 5 saturated heterocycles. The SMILES string of the molecule is C#Cc1cccc2cc(O)cc(-c3ncc4c(N5CC6CNC(C6)C5)nc(OCC5(CN6CCN(CC7CCN(C(=O)C8CCN(Cc9ccc%10c(c9)CN(C(=O)c9cc(C(C)C)c(O)cc9O)C%10)CC8)CC7)CC6)CC5)nc4c3F)c12. The Morgan fingerprint density at radius 2 is 1.63 bits per heavy atom. The number of phenols is 3. The molecule has 17 heteroatoms. The summed E-state index contributed by atoms with van der Waals surface area (Å²) in [5.41, 5.74) is 5.43. The number of amides is 2. The molecular formula is C65H75FN10O6. The van der Waals surface area contributed by atoms with Gasteiger partial charge in [-0.2, -0.15) is 9.97 Å². The van der Waals surface area contributed by atoms with Gasteiger partial charge in [-0.15, -0.1) is 6.42 Å². The number of pyridine rings is 1. The van der Waals surface area contributed by atoms with Gasteiger partial charge in [-0.3, -0.25) is 19.5 Å². The fraction of sp³-hybridized carbons (Fsp3) is 0.492. The summed E-state index contributed by atoms with van der Waals surface area (Å²) >= 11 is 0. The highest BCUT2D eigenvalue weighted by molar-refractivity contribution is 6.03. The lowest BCUT2D eigenvalue weighted by atomic mass is 9.91. The molecule has 6 aromatic rings. The predicted octanol–water partition coefficient (Wildman–Crippen LogP) is 8.09. The largest absolute Gasteiger partial charge is 0.508 e. The maximum atomic E-state index is 17.2. The number of fused-ring (bicyclic) bond motifs is 5. The van der Waals surface area contributed by atoms with Crippen molar-refractivity contribution in [3.05, 3.63) is 106 Å². The first-order valence-corrected chi connectivity index (χ1v) is 29.9. The first kappa shape index (κ1) is 54.2. The Balaban J connectivity index is 0.572. The number of nitrogens with one attached hydrogen (secondary N) is 1. The number of rotatable bonds is 14. The van der Waals surface area contributed by atoms with Crippen LogP contribution >= 0.6 is 0 Å². The molecule has 428 valence electrons. The van der Waals surface area contributed by atoms with Crippen LogP contribution in [0, 0.1) is 41.3 Å². The smallest absolute Gasteiger partial charge is 0.319 e. The van der Waals surface area contributed by atoms with E-state index in [1.807, 2.05) is 32.0 Å². The molecule has 4 N–H and O–H groups in total. The van der Waals surface area contributed by atoms with Crippen molar-refractivity contribution in [3.63, 3.8) is 0 Å². The van der Waals surface area contributed by atoms with Gasteiger partial charge in [-0.05, 0) is 128 Å². The molecule has 2 unspecified atom stereocenters. The lowest BCUT2D eigenvalue weighted by molar-refractivity contribution is -0.138. The van der Waals surface area contributed by atoms with E-state index in [1.54, 1.807) is 23.2 Å². The molecular weight excluding hydrogens is 1040 g/mol. The van der Waals surface area contributed by atoms with Crippen LogP contribution < -0.4 is 15.0 Å². The molecule has 0 spiro atoms. The molecule has 6 fully saturated rings. The van der Waals surface area contributed by atoms with Gasteiger partial charge in [-0.1, -0.05) is 50.1 Å². The van der Waals surface area contributed by atoms with Gasteiger partial charge < -0.3 is 49.9 Å². The minimum atomic E-state index is -0.609. The van der Waals surface area contributed by atoms with E-state index in [4.69, 9.17) is 21.1 Å². The third kappa shape index (κ3) is 10.9. The van der Waals surface area contributed by atoms with Crippen molar-refractivity contribution in [3.8, 4) is 46.9 Å². The van der Waals surface area contributed by atoms with Crippen LogP contribution in [0.4, 0.5) is 10.2 Å². The zero-order valence-electron chi connectivity index (χ0n) is 47.3. The Bertz CT molecular complexity index is 3470. The predicted molar refractivity (Wildman–Crippen MR) is 313 cm³/mol. The van der Waals surface area contributed by atoms with E-state index in [1.165, 1.54) is 17.7 Å². The number of hydrogen-bond acceptors (Lipinski definition) is 14. The van der Waals surface area contributed by atoms with Crippen molar-refractivity contribution >= 4 is 39.3 Å². The van der Waals surface area contributed by atoms with Gasteiger partial charge in [0.15, 0.2) is 5.82 Å². The number of phenolic OH excluding ortho intramolecular Hbond substituents is 3. The lowest BCUT2D eigenvalue weighted by Gasteiger charge is -2.40. The standard InChI is InChI=1S/C65H75FN10O6/c1-4-44-6-5-7-46-26-50(77)27-53(57(44)46)59-58(66)60-54(31-68-59)61(75-34-43-25-49(37-75)67-30-43)70-64(69-60)82-39-65(14-15-65)38-73-22-20-72(21-23-73)32-41-10-18-74(19-11-41)62(80)45-12-16-71(17-13-45)33-42-8-9-47-35-76(36-48(47)24-42)63(81)52-28-51(40(2)3)55(78)29-56(52)79/h1,5-9,24,26-29,31,40-41,43,45,49,67,77-79H,10-23,25,30,32-39H2,2-3H3. The van der Waals surface area contributed by atoms with Crippen molar-refractivity contribution in [1.82, 2.24) is 44.8 Å². The van der Waals surface area contributed by atoms with E-state index >= 15 is 4.39 Å². The number of benzene rings is 4. The highest BCUT2D eigenvalue weighted by Gasteiger charge is 2.46. The van der Waals surface area contributed by atoms with Crippen LogP contribution in [-0.2, 0) is 24.4 Å². The van der Waals surface area contributed by atoms with Crippen LogP contribution in [0.3, 0.4) is 0 Å². The highest BCUT2D eigenvalue weighted by Crippen LogP contribution is 2.47. The normalized spacial score (nSPS) is 21.6. The van der Waals surface area contributed by atoms with Crippen LogP contribution in [0.25, 0.3) is 32.9 Å². The third-order valence-corrected chi connectivity index (χ3v) is 19.1. The Morgan fingerprint density at radius 3 is 2.39 bits per heavy atom. The molecule has 2 bridgehead atoms. The van der Waals surface area contributed by atoms with Gasteiger partial charge in [0.1, 0.15) is 34.3 Å². The van der Waals surface area contributed by atoms with Gasteiger partial charge in [0.25, 0.3) is 5.91 Å². The Kier molecular flexibility index (Phi) is 14.7. The minimum absolute atomic E-state index is 0.00340. The Labute approximate surface area is 479 Å². The number of piperazine rings is 1. The molecule has 2 atom stereocenters. The van der Waals surface area contributed by atoms with Gasteiger partial charge >= 0.3 is 6.01 Å². The van der Waals surface area contributed by atoms with Crippen LogP contribution in [-0.4, -0.2) is 164 Å². The van der Waals surface area contributed by atoms with Crippen LogP contribution in [0.2, 0.25) is 0 Å². The molecule has 1 saturated carbocycles. The van der Waals surface area contributed by atoms with E-state index in [0.717, 1.165) is 148 Å². The number of carbonyl (C=O) groups is 2. The van der Waals surface area contributed by atoms with Gasteiger partial charge in [0.2, 0.25) is 5.91 Å². The first-order valence-electron chi connectivity index (χ1n) is 29.9. The molecule has 13 rings (SSSR count). The second-order valence-corrected chi connectivity index (χ2v) is 25.2. The number of likely N-dealkylation sites (tertiary alicyclic amines) is 2. The van der Waals surface area contributed by atoms with Crippen molar-refractivity contribution in [1.29, 1.82) is 0 Å². The average molecular weight is 1110 g/mol. The van der Waals surface area contributed by atoms with Gasteiger partial charge in [0, 0.05) is 138 Å². The molecule has 8 heterocycles. The van der Waals surface area contributed by atoms with Crippen molar-refractivity contribution in [2.24, 2.45) is 23.2 Å². The Morgan fingerprint density at radius 1 is 0.854 bits per heavy atom. The second kappa shape index (κ2) is 22.2. The summed E-state index contributed by atoms with van der Waals surface area (Å²) in [6.07, 6.45) is 14.6. The minimum Gasteiger partial charge on any atom is -0.508 e. The van der Waals surface area contributed by atoms with E-state index in [-0.39, 0.29) is 63.2 Å². The van der Waals surface area contributed by atoms with Crippen LogP contribution in [0.1, 0.15) is 103 Å². The number of ether oxygens (including phenoxy) is 1. The summed E-state index contributed by atoms with van der Waals surface area (Å²) in [4.78, 5) is 55.7. The van der Waals surface area contributed by atoms with E-state index in [0.29, 0.717) is 82.1 Å². The first-order chi connectivity index (χ1) is 39.7.